The third-order valence-electron chi connectivity index (χ3n) is 5.20. The second-order valence-corrected chi connectivity index (χ2v) is 7.00. The number of fused-ring (bicyclic) bond motifs is 2. The molecule has 1 aliphatic rings. The van der Waals surface area contributed by atoms with E-state index in [0.717, 1.165) is 59.8 Å². The van der Waals surface area contributed by atoms with Gasteiger partial charge in [-0.25, -0.2) is 0 Å². The van der Waals surface area contributed by atoms with E-state index in [-0.39, 0.29) is 0 Å². The Bertz CT molecular complexity index is 736. The van der Waals surface area contributed by atoms with E-state index in [2.05, 4.69) is 0 Å². The van der Waals surface area contributed by atoms with E-state index in [9.17, 15) is 9.90 Å². The number of benzene rings is 1. The topological polar surface area (TPSA) is 53.0 Å². The number of nitrogens with zero attached hydrogens (tertiary/aromatic N) is 1. The van der Waals surface area contributed by atoms with Crippen molar-refractivity contribution >= 4 is 16.9 Å². The van der Waals surface area contributed by atoms with E-state index in [1.807, 2.05) is 25.1 Å². The Morgan fingerprint density at radius 2 is 1.58 bits per heavy atom. The van der Waals surface area contributed by atoms with Gasteiger partial charge in [0, 0.05) is 16.6 Å². The molecular formula is C21H26NO2-. The highest BCUT2D eigenvalue weighted by molar-refractivity contribution is 6.04. The van der Waals surface area contributed by atoms with Crippen molar-refractivity contribution < 1.29 is 9.90 Å². The van der Waals surface area contributed by atoms with Crippen molar-refractivity contribution in [2.75, 3.05) is 0 Å². The first kappa shape index (κ1) is 16.9. The minimum absolute atomic E-state index is 0.385. The summed E-state index contributed by atoms with van der Waals surface area (Å²) >= 11 is 0. The van der Waals surface area contributed by atoms with Crippen LogP contribution in [-0.2, 0) is 12.8 Å². The molecule has 0 bridgehead atoms. The second kappa shape index (κ2) is 7.78. The highest BCUT2D eigenvalue weighted by Gasteiger charge is 2.17. The van der Waals surface area contributed by atoms with E-state index >= 15 is 0 Å². The molecule has 1 aromatic carbocycles. The maximum Gasteiger partial charge on any atom is 0.0741 e. The Morgan fingerprint density at radius 3 is 2.25 bits per heavy atom. The maximum absolute atomic E-state index is 11.9. The Morgan fingerprint density at radius 1 is 0.958 bits per heavy atom. The van der Waals surface area contributed by atoms with Crippen LogP contribution >= 0.6 is 0 Å². The van der Waals surface area contributed by atoms with Crippen molar-refractivity contribution in [1.82, 2.24) is 4.98 Å². The van der Waals surface area contributed by atoms with Crippen LogP contribution in [0.3, 0.4) is 0 Å². The molecule has 0 radical (unpaired) electrons. The summed E-state index contributed by atoms with van der Waals surface area (Å²) in [6, 6.07) is 5.78. The van der Waals surface area contributed by atoms with Crippen LogP contribution in [0.15, 0.2) is 18.2 Å². The average molecular weight is 324 g/mol. The fraction of sp³-hybridized carbons (Fsp3) is 0.524. The summed E-state index contributed by atoms with van der Waals surface area (Å²) in [4.78, 5) is 16.8. The van der Waals surface area contributed by atoms with Gasteiger partial charge in [0.1, 0.15) is 0 Å². The van der Waals surface area contributed by atoms with E-state index in [4.69, 9.17) is 4.98 Å². The number of para-hydroxylation sites is 1. The molecule has 0 N–H and O–H groups in total. The van der Waals surface area contributed by atoms with Gasteiger partial charge in [-0.1, -0.05) is 56.7 Å². The predicted octanol–water partition coefficient (Wildman–Crippen LogP) is 4.13. The van der Waals surface area contributed by atoms with Crippen LogP contribution in [0.2, 0.25) is 0 Å². The Hall–Kier alpha value is -1.90. The normalized spacial score (nSPS) is 16.9. The molecule has 0 saturated carbocycles. The van der Waals surface area contributed by atoms with Crippen molar-refractivity contribution in [2.45, 2.75) is 71.1 Å². The molecular weight excluding hydrogens is 298 g/mol. The van der Waals surface area contributed by atoms with Gasteiger partial charge in [0.05, 0.1) is 11.5 Å². The fourth-order valence-corrected chi connectivity index (χ4v) is 3.88. The molecule has 0 amide bonds. The van der Waals surface area contributed by atoms with Crippen LogP contribution in [0.25, 0.3) is 10.9 Å². The molecule has 0 fully saturated rings. The van der Waals surface area contributed by atoms with Crippen molar-refractivity contribution in [3.63, 3.8) is 0 Å². The Balaban J connectivity index is 2.12. The van der Waals surface area contributed by atoms with Crippen molar-refractivity contribution in [1.29, 1.82) is 0 Å². The number of pyridine rings is 1. The monoisotopic (exact) mass is 324 g/mol. The predicted molar refractivity (Wildman–Crippen MR) is 95.2 cm³/mol. The van der Waals surface area contributed by atoms with Gasteiger partial charge in [-0.3, -0.25) is 4.98 Å². The summed E-state index contributed by atoms with van der Waals surface area (Å²) in [5.74, 6) is -1.06. The molecule has 0 saturated heterocycles. The Labute approximate surface area is 144 Å². The largest absolute Gasteiger partial charge is 0.545 e. The third-order valence-corrected chi connectivity index (χ3v) is 5.20. The van der Waals surface area contributed by atoms with Gasteiger partial charge in [-0.2, -0.15) is 0 Å². The van der Waals surface area contributed by atoms with Crippen LogP contribution in [0.1, 0.15) is 78.5 Å². The zero-order chi connectivity index (χ0) is 16.9. The van der Waals surface area contributed by atoms with E-state index in [0.29, 0.717) is 5.56 Å². The van der Waals surface area contributed by atoms with Gasteiger partial charge >= 0.3 is 0 Å². The summed E-state index contributed by atoms with van der Waals surface area (Å²) in [7, 11) is 0. The molecule has 128 valence electrons. The average Bonchev–Trinajstić information content (AvgIpc) is 2.54. The lowest BCUT2D eigenvalue weighted by molar-refractivity contribution is -0.254. The highest BCUT2D eigenvalue weighted by atomic mass is 16.4. The summed E-state index contributed by atoms with van der Waals surface area (Å²) in [5, 5.41) is 12.7. The number of aromatic nitrogens is 1. The lowest BCUT2D eigenvalue weighted by Crippen LogP contribution is -2.25. The molecule has 0 atom stereocenters. The number of aryl methyl sites for hydroxylation is 2. The number of carboxylic acids is 1. The van der Waals surface area contributed by atoms with Gasteiger partial charge in [-0.05, 0) is 43.7 Å². The SMILES string of the molecule is Cc1cccc2c(C(=O)[O-])c3c(nc12)CCCCCCCCCC3. The van der Waals surface area contributed by atoms with Crippen molar-refractivity contribution in [3.05, 3.63) is 40.6 Å². The molecule has 0 spiro atoms. The lowest BCUT2D eigenvalue weighted by Gasteiger charge is -2.19. The minimum atomic E-state index is -1.06. The summed E-state index contributed by atoms with van der Waals surface area (Å²) < 4.78 is 0. The van der Waals surface area contributed by atoms with Gasteiger partial charge in [0.25, 0.3) is 0 Å². The number of hydrogen-bond donors (Lipinski definition) is 0. The molecule has 1 aliphatic carbocycles. The molecule has 2 aromatic rings. The zero-order valence-corrected chi connectivity index (χ0v) is 14.6. The molecule has 3 heteroatoms. The molecule has 3 rings (SSSR count). The van der Waals surface area contributed by atoms with Crippen molar-refractivity contribution in [2.24, 2.45) is 0 Å². The summed E-state index contributed by atoms with van der Waals surface area (Å²) in [6.45, 7) is 2.00. The molecule has 3 nitrogen and oxygen atoms in total. The van der Waals surface area contributed by atoms with Gasteiger partial charge < -0.3 is 9.90 Å². The van der Waals surface area contributed by atoms with Gasteiger partial charge in [0.2, 0.25) is 0 Å². The lowest BCUT2D eigenvalue weighted by atomic mass is 9.92. The standard InChI is InChI=1S/C21H27NO2/c1-15-11-10-13-17-19(21(23)24)16-12-8-6-4-2-3-5-7-9-14-18(16)22-20(15)17/h10-11,13H,2-9,12,14H2,1H3,(H,23,24)/p-1. The van der Waals surface area contributed by atoms with E-state index in [1.165, 1.54) is 32.1 Å². The molecule has 1 aromatic heterocycles. The smallest absolute Gasteiger partial charge is 0.0741 e. The molecule has 1 heterocycles. The first-order chi connectivity index (χ1) is 11.7. The van der Waals surface area contributed by atoms with Crippen LogP contribution in [-0.4, -0.2) is 11.0 Å². The second-order valence-electron chi connectivity index (χ2n) is 7.00. The summed E-state index contributed by atoms with van der Waals surface area (Å²) in [6.07, 6.45) is 11.3. The number of carbonyl (C=O) groups excluding carboxylic acids is 1. The maximum atomic E-state index is 11.9. The van der Waals surface area contributed by atoms with Crippen molar-refractivity contribution in [3.8, 4) is 0 Å². The van der Waals surface area contributed by atoms with E-state index < -0.39 is 5.97 Å². The fourth-order valence-electron chi connectivity index (χ4n) is 3.88. The minimum Gasteiger partial charge on any atom is -0.545 e. The first-order valence-corrected chi connectivity index (χ1v) is 9.31. The van der Waals surface area contributed by atoms with Crippen LogP contribution in [0.4, 0.5) is 0 Å². The molecule has 24 heavy (non-hydrogen) atoms. The van der Waals surface area contributed by atoms with Crippen LogP contribution in [0, 0.1) is 6.92 Å². The van der Waals surface area contributed by atoms with Gasteiger partial charge in [0.15, 0.2) is 0 Å². The van der Waals surface area contributed by atoms with E-state index in [1.54, 1.807) is 0 Å². The quantitative estimate of drug-likeness (QED) is 0.792. The Kier molecular flexibility index (Phi) is 5.49. The summed E-state index contributed by atoms with van der Waals surface area (Å²) in [5.41, 5.74) is 4.15. The number of hydrogen-bond acceptors (Lipinski definition) is 3. The number of rotatable bonds is 1. The van der Waals surface area contributed by atoms with Crippen LogP contribution in [0.5, 0.6) is 0 Å². The number of carbonyl (C=O) groups is 1. The third kappa shape index (κ3) is 3.61. The molecule has 0 unspecified atom stereocenters. The van der Waals surface area contributed by atoms with Gasteiger partial charge in [-0.15, -0.1) is 0 Å². The first-order valence-electron chi connectivity index (χ1n) is 9.31. The van der Waals surface area contributed by atoms with Crippen LogP contribution < -0.4 is 5.11 Å². The zero-order valence-electron chi connectivity index (χ0n) is 14.6. The highest BCUT2D eigenvalue weighted by Crippen LogP contribution is 2.28. The number of carboxylic acid groups (broad SMARTS) is 1. The number of aromatic carboxylic acids is 1. The molecule has 0 aliphatic heterocycles.